The lowest BCUT2D eigenvalue weighted by Gasteiger charge is -2.20. The summed E-state index contributed by atoms with van der Waals surface area (Å²) in [6.07, 6.45) is 10.6. The highest BCUT2D eigenvalue weighted by Gasteiger charge is 2.14. The number of hydrogen-bond acceptors (Lipinski definition) is 2. The van der Waals surface area contributed by atoms with E-state index in [9.17, 15) is 4.79 Å². The molecule has 0 spiro atoms. The molecule has 0 aromatic heterocycles. The number of halogens is 1. The summed E-state index contributed by atoms with van der Waals surface area (Å²) in [5.41, 5.74) is 5.39. The number of rotatable bonds is 7. The summed E-state index contributed by atoms with van der Waals surface area (Å²) in [6.45, 7) is 1.51. The molecule has 1 rings (SSSR count). The van der Waals surface area contributed by atoms with E-state index >= 15 is 0 Å². The highest BCUT2D eigenvalue weighted by atomic mass is 35.5. The Labute approximate surface area is 111 Å². The molecular formula is C13H27ClN2O. The van der Waals surface area contributed by atoms with Gasteiger partial charge in [0.25, 0.3) is 0 Å². The van der Waals surface area contributed by atoms with E-state index in [2.05, 4.69) is 5.32 Å². The number of carbonyl (C=O) groups is 1. The predicted molar refractivity (Wildman–Crippen MR) is 74.4 cm³/mol. The molecule has 3 N–H and O–H groups in total. The largest absolute Gasteiger partial charge is 0.356 e. The molecule has 0 bridgehead atoms. The normalized spacial score (nSPS) is 16.3. The highest BCUT2D eigenvalue weighted by molar-refractivity contribution is 5.85. The van der Waals surface area contributed by atoms with E-state index in [4.69, 9.17) is 5.73 Å². The Morgan fingerprint density at radius 3 is 2.53 bits per heavy atom. The second kappa shape index (κ2) is 10.8. The van der Waals surface area contributed by atoms with Crippen molar-refractivity contribution in [1.82, 2.24) is 5.32 Å². The van der Waals surface area contributed by atoms with Gasteiger partial charge < -0.3 is 11.1 Å². The first kappa shape index (κ1) is 16.7. The van der Waals surface area contributed by atoms with Crippen molar-refractivity contribution in [2.45, 2.75) is 57.8 Å². The summed E-state index contributed by atoms with van der Waals surface area (Å²) in [5.74, 6) is 1.03. The summed E-state index contributed by atoms with van der Waals surface area (Å²) in [7, 11) is 0. The summed E-state index contributed by atoms with van der Waals surface area (Å²) >= 11 is 0. The first-order valence-corrected chi connectivity index (χ1v) is 6.79. The molecule has 0 atom stereocenters. The zero-order chi connectivity index (χ0) is 11.6. The third-order valence-electron chi connectivity index (χ3n) is 3.46. The second-order valence-electron chi connectivity index (χ2n) is 4.89. The summed E-state index contributed by atoms with van der Waals surface area (Å²) < 4.78 is 0. The molecule has 0 aromatic rings. The fourth-order valence-corrected chi connectivity index (χ4v) is 2.40. The molecule has 0 unspecified atom stereocenters. The number of unbranched alkanes of at least 4 members (excludes halogenated alkanes) is 1. The van der Waals surface area contributed by atoms with Crippen LogP contribution in [0, 0.1) is 5.92 Å². The average molecular weight is 263 g/mol. The Bertz CT molecular complexity index is 194. The standard InChI is InChI=1S/C13H26N2O.ClH/c14-10-4-5-11-15-13(16)9-8-12-6-2-1-3-7-12;/h12H,1-11,14H2,(H,15,16);1H. The van der Waals surface area contributed by atoms with Gasteiger partial charge in [0.1, 0.15) is 0 Å². The minimum absolute atomic E-state index is 0. The van der Waals surface area contributed by atoms with Gasteiger partial charge >= 0.3 is 0 Å². The van der Waals surface area contributed by atoms with Crippen LogP contribution in [0.4, 0.5) is 0 Å². The van der Waals surface area contributed by atoms with Crippen LogP contribution in [-0.2, 0) is 4.79 Å². The molecule has 1 saturated carbocycles. The summed E-state index contributed by atoms with van der Waals surface area (Å²) in [6, 6.07) is 0. The lowest BCUT2D eigenvalue weighted by atomic mass is 9.86. The van der Waals surface area contributed by atoms with E-state index in [1.54, 1.807) is 0 Å². The lowest BCUT2D eigenvalue weighted by Crippen LogP contribution is -2.25. The van der Waals surface area contributed by atoms with Crippen molar-refractivity contribution in [3.63, 3.8) is 0 Å². The Morgan fingerprint density at radius 1 is 1.18 bits per heavy atom. The van der Waals surface area contributed by atoms with Crippen molar-refractivity contribution >= 4 is 18.3 Å². The van der Waals surface area contributed by atoms with Gasteiger partial charge in [0.05, 0.1) is 0 Å². The van der Waals surface area contributed by atoms with E-state index < -0.39 is 0 Å². The highest BCUT2D eigenvalue weighted by Crippen LogP contribution is 2.27. The van der Waals surface area contributed by atoms with Gasteiger partial charge in [0.2, 0.25) is 5.91 Å². The van der Waals surface area contributed by atoms with Crippen molar-refractivity contribution < 1.29 is 4.79 Å². The van der Waals surface area contributed by atoms with Gasteiger partial charge in [0, 0.05) is 13.0 Å². The van der Waals surface area contributed by atoms with Crippen molar-refractivity contribution in [1.29, 1.82) is 0 Å². The minimum Gasteiger partial charge on any atom is -0.356 e. The SMILES string of the molecule is Cl.NCCCCNC(=O)CCC1CCCCC1. The van der Waals surface area contributed by atoms with Gasteiger partial charge in [-0.1, -0.05) is 32.1 Å². The number of carbonyl (C=O) groups excluding carboxylic acids is 1. The quantitative estimate of drug-likeness (QED) is 0.693. The lowest BCUT2D eigenvalue weighted by molar-refractivity contribution is -0.121. The Kier molecular flexibility index (Phi) is 10.7. The zero-order valence-corrected chi connectivity index (χ0v) is 11.6. The van der Waals surface area contributed by atoms with E-state index in [1.165, 1.54) is 32.1 Å². The van der Waals surface area contributed by atoms with Gasteiger partial charge in [-0.3, -0.25) is 4.79 Å². The van der Waals surface area contributed by atoms with Crippen molar-refractivity contribution in [2.75, 3.05) is 13.1 Å². The van der Waals surface area contributed by atoms with Gasteiger partial charge in [0.15, 0.2) is 0 Å². The minimum atomic E-state index is 0. The van der Waals surface area contributed by atoms with Crippen molar-refractivity contribution in [3.05, 3.63) is 0 Å². The molecule has 102 valence electrons. The van der Waals surface area contributed by atoms with Crippen molar-refractivity contribution in [3.8, 4) is 0 Å². The van der Waals surface area contributed by atoms with Crippen LogP contribution in [0.15, 0.2) is 0 Å². The fraction of sp³-hybridized carbons (Fsp3) is 0.923. The van der Waals surface area contributed by atoms with E-state index in [1.807, 2.05) is 0 Å². The molecule has 1 fully saturated rings. The van der Waals surface area contributed by atoms with Gasteiger partial charge in [-0.05, 0) is 31.7 Å². The van der Waals surface area contributed by atoms with Crippen molar-refractivity contribution in [2.24, 2.45) is 11.7 Å². The fourth-order valence-electron chi connectivity index (χ4n) is 2.40. The third kappa shape index (κ3) is 8.44. The molecule has 0 radical (unpaired) electrons. The van der Waals surface area contributed by atoms with Crippen LogP contribution in [0.1, 0.15) is 57.8 Å². The van der Waals surface area contributed by atoms with Crippen LogP contribution < -0.4 is 11.1 Å². The number of amides is 1. The molecule has 0 saturated heterocycles. The van der Waals surface area contributed by atoms with Crippen LogP contribution in [0.3, 0.4) is 0 Å². The smallest absolute Gasteiger partial charge is 0.220 e. The van der Waals surface area contributed by atoms with Crippen LogP contribution in [-0.4, -0.2) is 19.0 Å². The van der Waals surface area contributed by atoms with Crippen LogP contribution in [0.5, 0.6) is 0 Å². The Hall–Kier alpha value is -0.280. The topological polar surface area (TPSA) is 55.1 Å². The molecule has 0 aliphatic heterocycles. The predicted octanol–water partition coefficient (Wildman–Crippen LogP) is 2.62. The van der Waals surface area contributed by atoms with Crippen LogP contribution >= 0.6 is 12.4 Å². The third-order valence-corrected chi connectivity index (χ3v) is 3.46. The maximum Gasteiger partial charge on any atom is 0.220 e. The zero-order valence-electron chi connectivity index (χ0n) is 10.7. The summed E-state index contributed by atoms with van der Waals surface area (Å²) in [4.78, 5) is 11.5. The Balaban J connectivity index is 0.00000256. The number of nitrogens with one attached hydrogen (secondary N) is 1. The molecule has 0 aromatic carbocycles. The molecule has 1 aliphatic rings. The maximum atomic E-state index is 11.5. The second-order valence-corrected chi connectivity index (χ2v) is 4.89. The first-order chi connectivity index (χ1) is 7.83. The van der Waals surface area contributed by atoms with Gasteiger partial charge in [-0.25, -0.2) is 0 Å². The van der Waals surface area contributed by atoms with E-state index in [0.29, 0.717) is 6.42 Å². The molecule has 4 heteroatoms. The Morgan fingerprint density at radius 2 is 1.88 bits per heavy atom. The number of hydrogen-bond donors (Lipinski definition) is 2. The monoisotopic (exact) mass is 262 g/mol. The van der Waals surface area contributed by atoms with Gasteiger partial charge in [-0.2, -0.15) is 0 Å². The summed E-state index contributed by atoms with van der Waals surface area (Å²) in [5, 5.41) is 2.96. The van der Waals surface area contributed by atoms with Crippen LogP contribution in [0.2, 0.25) is 0 Å². The molecule has 3 nitrogen and oxygen atoms in total. The first-order valence-electron chi connectivity index (χ1n) is 6.79. The number of nitrogens with two attached hydrogens (primary N) is 1. The molecule has 0 heterocycles. The maximum absolute atomic E-state index is 11.5. The van der Waals surface area contributed by atoms with E-state index in [0.717, 1.165) is 38.3 Å². The van der Waals surface area contributed by atoms with E-state index in [-0.39, 0.29) is 18.3 Å². The van der Waals surface area contributed by atoms with Crippen LogP contribution in [0.25, 0.3) is 0 Å². The average Bonchev–Trinajstić information content (AvgIpc) is 2.33. The molecule has 1 aliphatic carbocycles. The molecular weight excluding hydrogens is 236 g/mol. The molecule has 17 heavy (non-hydrogen) atoms. The molecule has 1 amide bonds. The van der Waals surface area contributed by atoms with Gasteiger partial charge in [-0.15, -0.1) is 12.4 Å².